The fourth-order valence-corrected chi connectivity index (χ4v) is 2.87. The minimum atomic E-state index is 0.691. The predicted octanol–water partition coefficient (Wildman–Crippen LogP) is 5.84. The molecular formula is C21H31N3O. The molecule has 0 unspecified atom stereocenters. The third kappa shape index (κ3) is 8.10. The summed E-state index contributed by atoms with van der Waals surface area (Å²) in [4.78, 5) is 12.1. The first-order valence-electron chi connectivity index (χ1n) is 9.75. The van der Waals surface area contributed by atoms with Gasteiger partial charge in [0.05, 0.1) is 6.61 Å². The van der Waals surface area contributed by atoms with Crippen LogP contribution in [0.3, 0.4) is 0 Å². The number of hydrogen-bond donors (Lipinski definition) is 0. The Labute approximate surface area is 152 Å². The van der Waals surface area contributed by atoms with Crippen molar-refractivity contribution in [3.63, 3.8) is 0 Å². The van der Waals surface area contributed by atoms with Gasteiger partial charge < -0.3 is 4.74 Å². The van der Waals surface area contributed by atoms with Crippen LogP contribution in [-0.2, 0) is 0 Å². The molecule has 1 aromatic carbocycles. The second-order valence-corrected chi connectivity index (χ2v) is 6.52. The van der Waals surface area contributed by atoms with Crippen molar-refractivity contribution in [2.75, 3.05) is 6.61 Å². The molecule has 0 amide bonds. The molecule has 0 saturated carbocycles. The molecule has 0 saturated heterocycles. The molecule has 1 heterocycles. The van der Waals surface area contributed by atoms with Crippen molar-refractivity contribution in [2.45, 2.75) is 71.1 Å². The molecular weight excluding hydrogens is 310 g/mol. The van der Waals surface area contributed by atoms with Crippen LogP contribution in [0.4, 0.5) is 0 Å². The minimum Gasteiger partial charge on any atom is -0.494 e. The molecule has 2 rings (SSSR count). The van der Waals surface area contributed by atoms with Gasteiger partial charge in [-0.3, -0.25) is 0 Å². The second-order valence-electron chi connectivity index (χ2n) is 6.52. The Hall–Kier alpha value is -1.97. The monoisotopic (exact) mass is 341 g/mol. The molecule has 0 spiro atoms. The van der Waals surface area contributed by atoms with E-state index in [9.17, 15) is 0 Å². The van der Waals surface area contributed by atoms with Crippen molar-refractivity contribution in [1.29, 1.82) is 0 Å². The van der Waals surface area contributed by atoms with Gasteiger partial charge in [0.15, 0.2) is 5.82 Å². The van der Waals surface area contributed by atoms with Crippen molar-refractivity contribution in [2.24, 2.45) is 0 Å². The van der Waals surface area contributed by atoms with Gasteiger partial charge in [-0.1, -0.05) is 64.7 Å². The summed E-state index contributed by atoms with van der Waals surface area (Å²) < 4.78 is 5.82. The molecule has 0 atom stereocenters. The minimum absolute atomic E-state index is 0.691. The van der Waals surface area contributed by atoms with Gasteiger partial charge in [0, 0.05) is 5.56 Å². The highest BCUT2D eigenvalue weighted by Crippen LogP contribution is 2.19. The maximum atomic E-state index is 5.82. The normalized spacial score (nSPS) is 10.8. The lowest BCUT2D eigenvalue weighted by Gasteiger charge is -2.07. The quantitative estimate of drug-likeness (QED) is 0.429. The number of rotatable bonds is 13. The largest absolute Gasteiger partial charge is 0.494 e. The standard InChI is InChI=1S/C21H31N3O/c1-2-3-4-5-6-7-8-9-10-11-16-25-20-14-12-19(13-15-20)21-23-17-22-18-24-21/h12-15,17-18H,2-11,16H2,1H3. The van der Waals surface area contributed by atoms with Crippen molar-refractivity contribution in [3.05, 3.63) is 36.9 Å². The predicted molar refractivity (Wildman–Crippen MR) is 103 cm³/mol. The van der Waals surface area contributed by atoms with Crippen LogP contribution in [0.5, 0.6) is 5.75 Å². The van der Waals surface area contributed by atoms with Crippen molar-refractivity contribution in [1.82, 2.24) is 15.0 Å². The summed E-state index contributed by atoms with van der Waals surface area (Å²) in [6.45, 7) is 3.06. The molecule has 0 N–H and O–H groups in total. The lowest BCUT2D eigenvalue weighted by Crippen LogP contribution is -1.97. The van der Waals surface area contributed by atoms with Gasteiger partial charge in [0.1, 0.15) is 18.4 Å². The molecule has 0 aliphatic heterocycles. The average molecular weight is 341 g/mol. The molecule has 0 radical (unpaired) electrons. The van der Waals surface area contributed by atoms with E-state index in [2.05, 4.69) is 21.9 Å². The van der Waals surface area contributed by atoms with Gasteiger partial charge in [-0.2, -0.15) is 0 Å². The molecule has 25 heavy (non-hydrogen) atoms. The van der Waals surface area contributed by atoms with Crippen LogP contribution >= 0.6 is 0 Å². The Balaban J connectivity index is 1.51. The van der Waals surface area contributed by atoms with E-state index in [4.69, 9.17) is 4.74 Å². The molecule has 0 aliphatic rings. The van der Waals surface area contributed by atoms with Crippen LogP contribution in [0.15, 0.2) is 36.9 Å². The number of benzene rings is 1. The SMILES string of the molecule is CCCCCCCCCCCCOc1ccc(-c2ncncn2)cc1. The number of nitrogens with zero attached hydrogens (tertiary/aromatic N) is 3. The van der Waals surface area contributed by atoms with Gasteiger partial charge in [-0.15, -0.1) is 0 Å². The fraction of sp³-hybridized carbons (Fsp3) is 0.571. The highest BCUT2D eigenvalue weighted by Gasteiger charge is 2.01. The van der Waals surface area contributed by atoms with Crippen LogP contribution in [0.25, 0.3) is 11.4 Å². The third-order valence-electron chi connectivity index (χ3n) is 4.37. The highest BCUT2D eigenvalue weighted by molar-refractivity contribution is 5.55. The van der Waals surface area contributed by atoms with E-state index in [-0.39, 0.29) is 0 Å². The van der Waals surface area contributed by atoms with E-state index in [1.165, 1.54) is 70.4 Å². The van der Waals surface area contributed by atoms with Crippen LogP contribution in [0.2, 0.25) is 0 Å². The summed E-state index contributed by atoms with van der Waals surface area (Å²) >= 11 is 0. The van der Waals surface area contributed by atoms with E-state index in [1.807, 2.05) is 24.3 Å². The maximum absolute atomic E-state index is 5.82. The first-order chi connectivity index (χ1) is 12.4. The second kappa shape index (κ2) is 12.4. The number of unbranched alkanes of at least 4 members (excludes halogenated alkanes) is 9. The smallest absolute Gasteiger partial charge is 0.162 e. The Bertz CT molecular complexity index is 557. The molecule has 4 heteroatoms. The summed E-state index contributed by atoms with van der Waals surface area (Å²) in [5.41, 5.74) is 0.980. The van der Waals surface area contributed by atoms with E-state index in [0.717, 1.165) is 24.3 Å². The maximum Gasteiger partial charge on any atom is 0.162 e. The van der Waals surface area contributed by atoms with Gasteiger partial charge in [0.2, 0.25) is 0 Å². The van der Waals surface area contributed by atoms with Crippen LogP contribution in [0, 0.1) is 0 Å². The summed E-state index contributed by atoms with van der Waals surface area (Å²) in [7, 11) is 0. The third-order valence-corrected chi connectivity index (χ3v) is 4.37. The summed E-state index contributed by atoms with van der Waals surface area (Å²) in [5, 5.41) is 0. The van der Waals surface area contributed by atoms with E-state index in [0.29, 0.717) is 5.82 Å². The Morgan fingerprint density at radius 1 is 0.720 bits per heavy atom. The molecule has 0 bridgehead atoms. The topological polar surface area (TPSA) is 47.9 Å². The molecule has 1 aromatic heterocycles. The Kier molecular flexibility index (Phi) is 9.60. The summed E-state index contributed by atoms with van der Waals surface area (Å²) in [6.07, 6.45) is 16.5. The molecule has 4 nitrogen and oxygen atoms in total. The van der Waals surface area contributed by atoms with Gasteiger partial charge in [-0.05, 0) is 30.7 Å². The number of aromatic nitrogens is 3. The Morgan fingerprint density at radius 3 is 1.88 bits per heavy atom. The molecule has 0 fully saturated rings. The Morgan fingerprint density at radius 2 is 1.28 bits per heavy atom. The van der Waals surface area contributed by atoms with E-state index >= 15 is 0 Å². The van der Waals surface area contributed by atoms with Crippen LogP contribution < -0.4 is 4.74 Å². The van der Waals surface area contributed by atoms with Crippen molar-refractivity contribution < 1.29 is 4.74 Å². The van der Waals surface area contributed by atoms with E-state index < -0.39 is 0 Å². The summed E-state index contributed by atoms with van der Waals surface area (Å²) in [6, 6.07) is 7.94. The molecule has 2 aromatic rings. The van der Waals surface area contributed by atoms with Gasteiger partial charge >= 0.3 is 0 Å². The van der Waals surface area contributed by atoms with Crippen LogP contribution in [-0.4, -0.2) is 21.6 Å². The zero-order valence-corrected chi connectivity index (χ0v) is 15.5. The van der Waals surface area contributed by atoms with Crippen molar-refractivity contribution in [3.8, 4) is 17.1 Å². The lowest BCUT2D eigenvalue weighted by molar-refractivity contribution is 0.304. The van der Waals surface area contributed by atoms with Gasteiger partial charge in [-0.25, -0.2) is 15.0 Å². The van der Waals surface area contributed by atoms with Crippen LogP contribution in [0.1, 0.15) is 71.1 Å². The van der Waals surface area contributed by atoms with Crippen molar-refractivity contribution >= 4 is 0 Å². The highest BCUT2D eigenvalue weighted by atomic mass is 16.5. The average Bonchev–Trinajstić information content (AvgIpc) is 2.67. The first kappa shape index (κ1) is 19.4. The zero-order valence-electron chi connectivity index (χ0n) is 15.5. The number of hydrogen-bond acceptors (Lipinski definition) is 4. The summed E-state index contributed by atoms with van der Waals surface area (Å²) in [5.74, 6) is 1.60. The van der Waals surface area contributed by atoms with E-state index in [1.54, 1.807) is 0 Å². The zero-order chi connectivity index (χ0) is 17.6. The molecule has 0 aliphatic carbocycles. The lowest BCUT2D eigenvalue weighted by atomic mass is 10.1. The molecule has 136 valence electrons. The van der Waals surface area contributed by atoms with Gasteiger partial charge in [0.25, 0.3) is 0 Å². The number of ether oxygens (including phenoxy) is 1. The first-order valence-corrected chi connectivity index (χ1v) is 9.75. The fourth-order valence-electron chi connectivity index (χ4n) is 2.87.